The van der Waals surface area contributed by atoms with E-state index in [4.69, 9.17) is 23.8 Å². The number of para-hydroxylation sites is 1. The van der Waals surface area contributed by atoms with Gasteiger partial charge in [-0.05, 0) is 42.9 Å². The molecule has 3 aromatic rings. The summed E-state index contributed by atoms with van der Waals surface area (Å²) in [6.45, 7) is 2.08. The van der Waals surface area contributed by atoms with Crippen LogP contribution in [0.1, 0.15) is 5.56 Å². The third-order valence-electron chi connectivity index (χ3n) is 3.27. The molecule has 0 fully saturated rings. The average molecular weight is 301 g/mol. The van der Waals surface area contributed by atoms with E-state index in [0.717, 1.165) is 22.0 Å². The maximum absolute atomic E-state index is 5.95. The molecule has 0 saturated carbocycles. The number of hydrogen-bond acceptors (Lipinski definition) is 1. The lowest BCUT2D eigenvalue weighted by Gasteiger charge is -2.11. The highest BCUT2D eigenvalue weighted by Crippen LogP contribution is 2.26. The molecule has 3 rings (SSSR count). The van der Waals surface area contributed by atoms with Crippen molar-refractivity contribution in [1.82, 2.24) is 9.55 Å². The van der Waals surface area contributed by atoms with Gasteiger partial charge >= 0.3 is 0 Å². The van der Waals surface area contributed by atoms with Crippen LogP contribution in [0, 0.1) is 11.7 Å². The van der Waals surface area contributed by atoms with Gasteiger partial charge in [-0.3, -0.25) is 4.57 Å². The Kier molecular flexibility index (Phi) is 3.47. The fourth-order valence-corrected chi connectivity index (χ4v) is 2.64. The number of aryl methyl sites for hydroxylation is 1. The molecule has 1 heterocycles. The highest BCUT2D eigenvalue weighted by Gasteiger charge is 2.10. The van der Waals surface area contributed by atoms with E-state index in [1.807, 2.05) is 47.2 Å². The molecule has 0 spiro atoms. The summed E-state index contributed by atoms with van der Waals surface area (Å²) in [6, 6.07) is 15.9. The van der Waals surface area contributed by atoms with Crippen LogP contribution in [-0.4, -0.2) is 9.55 Å². The number of hydrogen-bond donors (Lipinski definition) is 1. The number of H-pyrrole nitrogens is 1. The minimum absolute atomic E-state index is 0.684. The topological polar surface area (TPSA) is 20.7 Å². The SMILES string of the molecule is Cc1ccccc1-n1c(-c2ccc(Cl)cc2)c[nH]c1=S. The van der Waals surface area contributed by atoms with Gasteiger partial charge in [0.05, 0.1) is 11.4 Å². The maximum Gasteiger partial charge on any atom is 0.182 e. The van der Waals surface area contributed by atoms with Crippen LogP contribution in [0.5, 0.6) is 0 Å². The summed E-state index contributed by atoms with van der Waals surface area (Å²) in [5, 5.41) is 0.727. The van der Waals surface area contributed by atoms with Crippen molar-refractivity contribution in [2.45, 2.75) is 6.92 Å². The van der Waals surface area contributed by atoms with E-state index < -0.39 is 0 Å². The van der Waals surface area contributed by atoms with Gasteiger partial charge in [-0.25, -0.2) is 0 Å². The lowest BCUT2D eigenvalue weighted by molar-refractivity contribution is 1.02. The van der Waals surface area contributed by atoms with Crippen LogP contribution in [-0.2, 0) is 0 Å². The van der Waals surface area contributed by atoms with Gasteiger partial charge in [-0.2, -0.15) is 0 Å². The molecule has 1 N–H and O–H groups in total. The second-order valence-electron chi connectivity index (χ2n) is 4.61. The van der Waals surface area contributed by atoms with Crippen molar-refractivity contribution >= 4 is 23.8 Å². The van der Waals surface area contributed by atoms with Gasteiger partial charge in [0.1, 0.15) is 0 Å². The Morgan fingerprint density at radius 2 is 1.75 bits per heavy atom. The summed E-state index contributed by atoms with van der Waals surface area (Å²) in [4.78, 5) is 3.12. The van der Waals surface area contributed by atoms with Crippen LogP contribution in [0.15, 0.2) is 54.7 Å². The molecule has 4 heteroatoms. The Labute approximate surface area is 127 Å². The molecule has 0 aliphatic carbocycles. The molecule has 0 radical (unpaired) electrons. The summed E-state index contributed by atoms with van der Waals surface area (Å²) in [5.74, 6) is 0. The first kappa shape index (κ1) is 13.2. The van der Waals surface area contributed by atoms with Crippen molar-refractivity contribution < 1.29 is 0 Å². The predicted octanol–water partition coefficient (Wildman–Crippen LogP) is 5.16. The van der Waals surface area contributed by atoms with Crippen LogP contribution < -0.4 is 0 Å². The molecular weight excluding hydrogens is 288 g/mol. The quantitative estimate of drug-likeness (QED) is 0.648. The monoisotopic (exact) mass is 300 g/mol. The van der Waals surface area contributed by atoms with Gasteiger partial charge in [0.25, 0.3) is 0 Å². The van der Waals surface area contributed by atoms with Crippen LogP contribution >= 0.6 is 23.8 Å². The van der Waals surface area contributed by atoms with Crippen LogP contribution in [0.4, 0.5) is 0 Å². The third kappa shape index (κ3) is 2.30. The van der Waals surface area contributed by atoms with E-state index in [0.29, 0.717) is 4.77 Å². The fraction of sp³-hybridized carbons (Fsp3) is 0.0625. The zero-order valence-electron chi connectivity index (χ0n) is 10.9. The number of aromatic nitrogens is 2. The molecule has 1 aromatic heterocycles. The van der Waals surface area contributed by atoms with Gasteiger partial charge < -0.3 is 4.98 Å². The van der Waals surface area contributed by atoms with Crippen LogP contribution in [0.3, 0.4) is 0 Å². The Bertz CT molecular complexity index is 800. The summed E-state index contributed by atoms with van der Waals surface area (Å²) in [7, 11) is 0. The van der Waals surface area contributed by atoms with Crippen LogP contribution in [0.25, 0.3) is 16.9 Å². The number of nitrogens with zero attached hydrogens (tertiary/aromatic N) is 1. The Hall–Kier alpha value is -1.84. The zero-order valence-corrected chi connectivity index (χ0v) is 12.5. The second-order valence-corrected chi connectivity index (χ2v) is 5.43. The lowest BCUT2D eigenvalue weighted by atomic mass is 10.1. The highest BCUT2D eigenvalue weighted by atomic mass is 35.5. The van der Waals surface area contributed by atoms with Crippen molar-refractivity contribution in [1.29, 1.82) is 0 Å². The van der Waals surface area contributed by atoms with Crippen molar-refractivity contribution in [3.8, 4) is 16.9 Å². The smallest absolute Gasteiger partial charge is 0.182 e. The van der Waals surface area contributed by atoms with E-state index in [-0.39, 0.29) is 0 Å². The van der Waals surface area contributed by atoms with Gasteiger partial charge in [0.2, 0.25) is 0 Å². The molecule has 0 atom stereocenters. The fourth-order valence-electron chi connectivity index (χ4n) is 2.26. The minimum Gasteiger partial charge on any atom is -0.336 e. The van der Waals surface area contributed by atoms with Gasteiger partial charge in [-0.15, -0.1) is 0 Å². The molecule has 0 bridgehead atoms. The molecule has 0 aliphatic heterocycles. The first-order valence-corrected chi connectivity index (χ1v) is 7.08. The Morgan fingerprint density at radius 3 is 2.45 bits per heavy atom. The molecule has 0 unspecified atom stereocenters. The third-order valence-corrected chi connectivity index (χ3v) is 3.83. The van der Waals surface area contributed by atoms with Gasteiger partial charge in [0.15, 0.2) is 4.77 Å². The number of benzene rings is 2. The highest BCUT2D eigenvalue weighted by molar-refractivity contribution is 7.71. The molecule has 2 aromatic carbocycles. The molecule has 20 heavy (non-hydrogen) atoms. The molecule has 0 amide bonds. The maximum atomic E-state index is 5.95. The molecule has 2 nitrogen and oxygen atoms in total. The largest absolute Gasteiger partial charge is 0.336 e. The van der Waals surface area contributed by atoms with E-state index in [1.54, 1.807) is 0 Å². The van der Waals surface area contributed by atoms with Gasteiger partial charge in [-0.1, -0.05) is 41.9 Å². The minimum atomic E-state index is 0.684. The van der Waals surface area contributed by atoms with E-state index in [1.165, 1.54) is 5.56 Å². The Morgan fingerprint density at radius 1 is 1.05 bits per heavy atom. The standard InChI is InChI=1S/C16H13ClN2S/c1-11-4-2-3-5-14(11)19-15(10-18-16(19)20)12-6-8-13(17)9-7-12/h2-10H,1H3,(H,18,20). The number of rotatable bonds is 2. The summed E-state index contributed by atoms with van der Waals surface area (Å²) in [6.07, 6.45) is 1.93. The molecule has 0 aliphatic rings. The molecule has 100 valence electrons. The van der Waals surface area contributed by atoms with Crippen molar-refractivity contribution in [3.63, 3.8) is 0 Å². The van der Waals surface area contributed by atoms with Crippen LogP contribution in [0.2, 0.25) is 5.02 Å². The van der Waals surface area contributed by atoms with Crippen molar-refractivity contribution in [3.05, 3.63) is 70.1 Å². The molecule has 0 saturated heterocycles. The first-order valence-electron chi connectivity index (χ1n) is 6.29. The second kappa shape index (κ2) is 5.27. The Balaban J connectivity index is 2.23. The predicted molar refractivity (Wildman–Crippen MR) is 86.1 cm³/mol. The summed E-state index contributed by atoms with van der Waals surface area (Å²) in [5.41, 5.74) is 4.37. The molecular formula is C16H13ClN2S. The van der Waals surface area contributed by atoms with E-state index in [2.05, 4.69) is 24.0 Å². The number of halogens is 1. The lowest BCUT2D eigenvalue weighted by Crippen LogP contribution is -1.99. The van der Waals surface area contributed by atoms with Crippen molar-refractivity contribution in [2.24, 2.45) is 0 Å². The normalized spacial score (nSPS) is 10.7. The van der Waals surface area contributed by atoms with Gasteiger partial charge in [0, 0.05) is 16.8 Å². The van der Waals surface area contributed by atoms with E-state index >= 15 is 0 Å². The summed E-state index contributed by atoms with van der Waals surface area (Å²) >= 11 is 11.4. The summed E-state index contributed by atoms with van der Waals surface area (Å²) < 4.78 is 2.73. The first-order chi connectivity index (χ1) is 9.66. The van der Waals surface area contributed by atoms with Crippen molar-refractivity contribution in [2.75, 3.05) is 0 Å². The number of aromatic amines is 1. The number of nitrogens with one attached hydrogen (secondary N) is 1. The number of imidazole rings is 1. The zero-order chi connectivity index (χ0) is 14.1. The van der Waals surface area contributed by atoms with E-state index in [9.17, 15) is 0 Å². The average Bonchev–Trinajstić information content (AvgIpc) is 2.82.